The summed E-state index contributed by atoms with van der Waals surface area (Å²) in [6, 6.07) is 4.41. The van der Waals surface area contributed by atoms with Crippen molar-refractivity contribution in [3.05, 3.63) is 47.0 Å². The predicted molar refractivity (Wildman–Crippen MR) is 96.7 cm³/mol. The number of ether oxygens (including phenoxy) is 3. The molecule has 7 nitrogen and oxygen atoms in total. The molecule has 184 valence electrons. The maximum Gasteiger partial charge on any atom is 0.460 e. The first kappa shape index (κ1) is 25.1. The summed E-state index contributed by atoms with van der Waals surface area (Å²) in [6.45, 7) is 0. The van der Waals surface area contributed by atoms with E-state index in [1.165, 1.54) is 6.07 Å². The average Bonchev–Trinajstić information content (AvgIpc) is 2.76. The monoisotopic (exact) mass is 498 g/mol. The lowest BCUT2D eigenvalue weighted by atomic mass is 9.81. The molecular weight excluding hydrogens is 485 g/mol. The maximum atomic E-state index is 14.9. The van der Waals surface area contributed by atoms with Crippen molar-refractivity contribution in [1.29, 1.82) is 0 Å². The van der Waals surface area contributed by atoms with Crippen molar-refractivity contribution in [2.45, 2.75) is 23.8 Å². The number of hydrogen-bond acceptors (Lipinski definition) is 7. The fraction of sp³-hybridized carbons (Fsp3) is 0.300. The van der Waals surface area contributed by atoms with Gasteiger partial charge in [-0.05, 0) is 12.1 Å². The van der Waals surface area contributed by atoms with E-state index in [-0.39, 0.29) is 11.6 Å². The summed E-state index contributed by atoms with van der Waals surface area (Å²) in [7, 11) is 1.52. The highest BCUT2D eigenvalue weighted by atomic mass is 19.4. The van der Waals surface area contributed by atoms with E-state index in [1.807, 2.05) is 0 Å². The lowest BCUT2D eigenvalue weighted by molar-refractivity contribution is -0.421. The molecule has 1 aliphatic rings. The van der Waals surface area contributed by atoms with Gasteiger partial charge in [-0.2, -0.15) is 30.7 Å². The normalized spacial score (nSPS) is 17.8. The molecule has 2 N–H and O–H groups in total. The van der Waals surface area contributed by atoms with Gasteiger partial charge in [-0.15, -0.1) is 0 Å². The van der Waals surface area contributed by atoms with E-state index in [0.29, 0.717) is 0 Å². The molecule has 0 unspecified atom stereocenters. The van der Waals surface area contributed by atoms with E-state index in [1.54, 1.807) is 0 Å². The molecule has 0 aliphatic carbocycles. The molecule has 0 radical (unpaired) electrons. The highest BCUT2D eigenvalue weighted by Crippen LogP contribution is 2.59. The van der Waals surface area contributed by atoms with Gasteiger partial charge in [0.05, 0.1) is 14.2 Å². The Balaban J connectivity index is 2.54. The molecule has 1 aliphatic heterocycles. The van der Waals surface area contributed by atoms with Crippen molar-refractivity contribution in [3.8, 4) is 22.6 Å². The lowest BCUT2D eigenvalue weighted by Gasteiger charge is -2.43. The third-order valence-corrected chi connectivity index (χ3v) is 5.05. The van der Waals surface area contributed by atoms with Crippen LogP contribution in [0.4, 0.5) is 30.7 Å². The predicted octanol–water partition coefficient (Wildman–Crippen LogP) is 4.00. The van der Waals surface area contributed by atoms with Gasteiger partial charge >= 0.3 is 35.7 Å². The number of carbonyl (C=O) groups is 2. The zero-order chi connectivity index (χ0) is 25.9. The number of phenolic OH excluding ortho intramolecular Hbond substituents is 1. The van der Waals surface area contributed by atoms with Gasteiger partial charge in [-0.25, -0.2) is 9.59 Å². The second kappa shape index (κ2) is 7.75. The fourth-order valence-corrected chi connectivity index (χ4v) is 3.39. The summed E-state index contributed by atoms with van der Waals surface area (Å²) in [5.74, 6) is -23.2. The number of fused-ring (bicyclic) bond motifs is 3. The molecule has 2 aromatic rings. The van der Waals surface area contributed by atoms with Crippen molar-refractivity contribution in [2.24, 2.45) is 0 Å². The van der Waals surface area contributed by atoms with Crippen LogP contribution >= 0.6 is 0 Å². The molecule has 34 heavy (non-hydrogen) atoms. The quantitative estimate of drug-likeness (QED) is 0.485. The minimum absolute atomic E-state index is 0.166. The number of esters is 2. The molecule has 0 bridgehead atoms. The van der Waals surface area contributed by atoms with E-state index in [4.69, 9.17) is 0 Å². The lowest BCUT2D eigenvalue weighted by Crippen LogP contribution is -2.65. The number of phenols is 1. The summed E-state index contributed by atoms with van der Waals surface area (Å²) < 4.78 is 110. The molecular formula is C20H13F7O7. The molecule has 0 saturated heterocycles. The van der Waals surface area contributed by atoms with Crippen LogP contribution in [-0.2, 0) is 15.3 Å². The Morgan fingerprint density at radius 3 is 2.06 bits per heavy atom. The molecule has 3 rings (SSSR count). The van der Waals surface area contributed by atoms with Crippen LogP contribution in [0.5, 0.6) is 11.5 Å². The van der Waals surface area contributed by atoms with Gasteiger partial charge in [-0.1, -0.05) is 18.2 Å². The number of benzene rings is 2. The first-order chi connectivity index (χ1) is 15.6. The topological polar surface area (TPSA) is 102 Å². The van der Waals surface area contributed by atoms with Gasteiger partial charge in [0.2, 0.25) is 0 Å². The first-order valence-corrected chi connectivity index (χ1v) is 8.97. The second-order valence-electron chi connectivity index (χ2n) is 6.94. The number of carbonyl (C=O) groups excluding carboxylic acids is 2. The number of methoxy groups -OCH3 is 2. The standard InChI is InChI=1S/C20H13F7O7/c1-32-15(29)9-7-10-12(13(14(9)28)16(30)33-2)8-5-3-4-6-11(8)34-17(10,31)18(21,22)19(23,24)20(25,26)27/h3-7,28,31H,1-2H3/t17-/m1/s1. The summed E-state index contributed by atoms with van der Waals surface area (Å²) >= 11 is 0. The Morgan fingerprint density at radius 1 is 0.971 bits per heavy atom. The Kier molecular flexibility index (Phi) is 5.72. The van der Waals surface area contributed by atoms with Crippen LogP contribution in [0.3, 0.4) is 0 Å². The van der Waals surface area contributed by atoms with Crippen LogP contribution in [0.2, 0.25) is 0 Å². The number of hydrogen-bond donors (Lipinski definition) is 2. The fourth-order valence-electron chi connectivity index (χ4n) is 3.39. The Morgan fingerprint density at radius 2 is 1.53 bits per heavy atom. The van der Waals surface area contributed by atoms with Gasteiger partial charge in [0.1, 0.15) is 22.6 Å². The largest absolute Gasteiger partial charge is 0.506 e. The number of aliphatic hydroxyl groups is 1. The van der Waals surface area contributed by atoms with E-state index >= 15 is 0 Å². The molecule has 0 aromatic heterocycles. The van der Waals surface area contributed by atoms with E-state index in [9.17, 15) is 50.5 Å². The number of rotatable bonds is 4. The Labute approximate surface area is 185 Å². The van der Waals surface area contributed by atoms with Crippen LogP contribution < -0.4 is 4.74 Å². The van der Waals surface area contributed by atoms with Gasteiger partial charge in [0.15, 0.2) is 0 Å². The second-order valence-corrected chi connectivity index (χ2v) is 6.94. The highest BCUT2D eigenvalue weighted by molar-refractivity contribution is 6.07. The zero-order valence-electron chi connectivity index (χ0n) is 17.0. The SMILES string of the molecule is COC(=O)c1cc2c(c(C(=O)OC)c1O)-c1ccccc1O[C@@]2(O)C(F)(F)C(F)(F)C(F)(F)F. The van der Waals surface area contributed by atoms with E-state index < -0.39 is 69.5 Å². The molecule has 1 atom stereocenters. The smallest absolute Gasteiger partial charge is 0.460 e. The van der Waals surface area contributed by atoms with Gasteiger partial charge in [-0.3, -0.25) is 0 Å². The number of halogens is 7. The summed E-state index contributed by atoms with van der Waals surface area (Å²) in [4.78, 5) is 24.5. The van der Waals surface area contributed by atoms with Crippen molar-refractivity contribution in [2.75, 3.05) is 14.2 Å². The van der Waals surface area contributed by atoms with Gasteiger partial charge in [0, 0.05) is 16.7 Å². The third-order valence-electron chi connectivity index (χ3n) is 5.05. The van der Waals surface area contributed by atoms with Crippen LogP contribution in [0, 0.1) is 0 Å². The minimum atomic E-state index is -6.87. The van der Waals surface area contributed by atoms with Gasteiger partial charge in [0.25, 0.3) is 0 Å². The maximum absolute atomic E-state index is 14.9. The highest BCUT2D eigenvalue weighted by Gasteiger charge is 2.82. The van der Waals surface area contributed by atoms with Crippen molar-refractivity contribution in [1.82, 2.24) is 0 Å². The number of aromatic hydroxyl groups is 1. The van der Waals surface area contributed by atoms with Crippen LogP contribution in [0.1, 0.15) is 26.3 Å². The third kappa shape index (κ3) is 3.23. The summed E-state index contributed by atoms with van der Waals surface area (Å²) in [5.41, 5.74) is -5.09. The molecule has 0 fully saturated rings. The van der Waals surface area contributed by atoms with Crippen molar-refractivity contribution in [3.63, 3.8) is 0 Å². The van der Waals surface area contributed by atoms with Gasteiger partial charge < -0.3 is 24.4 Å². The zero-order valence-corrected chi connectivity index (χ0v) is 17.0. The molecule has 2 aromatic carbocycles. The Hall–Kier alpha value is -3.55. The van der Waals surface area contributed by atoms with E-state index in [0.717, 1.165) is 32.4 Å². The van der Waals surface area contributed by atoms with E-state index in [2.05, 4.69) is 14.2 Å². The van der Waals surface area contributed by atoms with Crippen LogP contribution in [-0.4, -0.2) is 54.4 Å². The number of para-hydroxylation sites is 1. The van der Waals surface area contributed by atoms with Crippen LogP contribution in [0.25, 0.3) is 11.1 Å². The first-order valence-electron chi connectivity index (χ1n) is 8.97. The Bertz CT molecular complexity index is 1180. The molecule has 1 heterocycles. The number of alkyl halides is 7. The van der Waals surface area contributed by atoms with Crippen LogP contribution in [0.15, 0.2) is 30.3 Å². The summed E-state index contributed by atoms with van der Waals surface area (Å²) in [6.07, 6.45) is -6.86. The molecule has 0 spiro atoms. The van der Waals surface area contributed by atoms with Crippen molar-refractivity contribution >= 4 is 11.9 Å². The minimum Gasteiger partial charge on any atom is -0.506 e. The summed E-state index contributed by atoms with van der Waals surface area (Å²) in [5, 5.41) is 21.2. The average molecular weight is 498 g/mol. The molecule has 0 amide bonds. The molecule has 0 saturated carbocycles. The van der Waals surface area contributed by atoms with Crippen molar-refractivity contribution < 1.29 is 64.7 Å². The molecule has 14 heteroatoms.